The number of hydrogen-bond donors (Lipinski definition) is 4. The van der Waals surface area contributed by atoms with Crippen LogP contribution in [0.3, 0.4) is 0 Å². The van der Waals surface area contributed by atoms with Gasteiger partial charge in [-0.25, -0.2) is 13.9 Å². The highest BCUT2D eigenvalue weighted by Crippen LogP contribution is 2.36. The molecule has 0 radical (unpaired) electrons. The van der Waals surface area contributed by atoms with Gasteiger partial charge in [0.25, 0.3) is 0 Å². The predicted octanol–water partition coefficient (Wildman–Crippen LogP) is 3.90. The third-order valence-electron chi connectivity index (χ3n) is 3.70. The third kappa shape index (κ3) is 5.24. The molecule has 0 aliphatic heterocycles. The molecule has 0 aliphatic rings. The molecule has 2 aromatic rings. The standard InChI is InChI=1S/C18H18ClN3O6S/c1-9(23)20-13-5-4-10(6-11(13)17(24)25)22(29)18(26)21-14-7-12(19)15(27-2)8-16(14)28-3/h4-8,29H,1-3H3,(H,20,23)(H,21,26)(H,24,25). The molecule has 154 valence electrons. The number of urea groups is 1. The summed E-state index contributed by atoms with van der Waals surface area (Å²) in [4.78, 5) is 35.3. The van der Waals surface area contributed by atoms with E-state index in [0.717, 1.165) is 4.31 Å². The quantitative estimate of drug-likeness (QED) is 0.507. The number of anilines is 3. The maximum absolute atomic E-state index is 12.6. The molecule has 0 heterocycles. The number of carboxylic acids is 1. The molecule has 11 heteroatoms. The first-order chi connectivity index (χ1) is 13.7. The highest BCUT2D eigenvalue weighted by Gasteiger charge is 2.19. The minimum absolute atomic E-state index is 0.0968. The van der Waals surface area contributed by atoms with Crippen molar-refractivity contribution in [2.75, 3.05) is 29.2 Å². The summed E-state index contributed by atoms with van der Waals surface area (Å²) in [5, 5.41) is 14.6. The lowest BCUT2D eigenvalue weighted by molar-refractivity contribution is -0.114. The van der Waals surface area contributed by atoms with Crippen LogP contribution in [0.4, 0.5) is 21.9 Å². The molecule has 0 saturated heterocycles. The van der Waals surface area contributed by atoms with Gasteiger partial charge in [0.15, 0.2) is 0 Å². The van der Waals surface area contributed by atoms with Crippen LogP contribution in [0.2, 0.25) is 5.02 Å². The number of benzene rings is 2. The summed E-state index contributed by atoms with van der Waals surface area (Å²) in [5.41, 5.74) is 0.320. The van der Waals surface area contributed by atoms with Gasteiger partial charge in [-0.2, -0.15) is 0 Å². The van der Waals surface area contributed by atoms with E-state index in [1.54, 1.807) is 0 Å². The topological polar surface area (TPSA) is 117 Å². The fourth-order valence-corrected chi connectivity index (χ4v) is 2.80. The number of ether oxygens (including phenoxy) is 2. The van der Waals surface area contributed by atoms with Crippen molar-refractivity contribution in [3.63, 3.8) is 0 Å². The summed E-state index contributed by atoms with van der Waals surface area (Å²) in [5.74, 6) is -1.04. The molecule has 0 unspecified atom stereocenters. The molecule has 2 aromatic carbocycles. The van der Waals surface area contributed by atoms with Gasteiger partial charge in [-0.15, -0.1) is 0 Å². The molecule has 29 heavy (non-hydrogen) atoms. The summed E-state index contributed by atoms with van der Waals surface area (Å²) < 4.78 is 11.2. The van der Waals surface area contributed by atoms with Crippen molar-refractivity contribution < 1.29 is 29.0 Å². The first kappa shape index (κ1) is 22.2. The van der Waals surface area contributed by atoms with Gasteiger partial charge >= 0.3 is 12.0 Å². The number of aromatic carboxylic acids is 1. The van der Waals surface area contributed by atoms with Crippen LogP contribution in [0.15, 0.2) is 30.3 Å². The van der Waals surface area contributed by atoms with E-state index >= 15 is 0 Å². The van der Waals surface area contributed by atoms with Crippen molar-refractivity contribution >= 4 is 59.4 Å². The molecule has 0 aliphatic carbocycles. The second-order valence-electron chi connectivity index (χ2n) is 5.65. The first-order valence-electron chi connectivity index (χ1n) is 8.04. The Bertz CT molecular complexity index is 969. The van der Waals surface area contributed by atoms with E-state index < -0.39 is 17.9 Å². The number of rotatable bonds is 6. The van der Waals surface area contributed by atoms with E-state index in [2.05, 4.69) is 23.4 Å². The lowest BCUT2D eigenvalue weighted by atomic mass is 10.1. The van der Waals surface area contributed by atoms with Gasteiger partial charge in [0.1, 0.15) is 11.5 Å². The van der Waals surface area contributed by atoms with Crippen LogP contribution in [0.25, 0.3) is 0 Å². The smallest absolute Gasteiger partial charge is 0.337 e. The van der Waals surface area contributed by atoms with Crippen molar-refractivity contribution in [2.45, 2.75) is 6.92 Å². The SMILES string of the molecule is COc1cc(OC)c(NC(=O)N(S)c2ccc(NC(C)=O)c(C(=O)O)c2)cc1Cl. The Morgan fingerprint density at radius 1 is 1.03 bits per heavy atom. The highest BCUT2D eigenvalue weighted by atomic mass is 35.5. The number of carbonyl (C=O) groups is 3. The summed E-state index contributed by atoms with van der Waals surface area (Å²) in [6.07, 6.45) is 0. The number of amides is 3. The number of methoxy groups -OCH3 is 2. The summed E-state index contributed by atoms with van der Waals surface area (Å²) in [6, 6.07) is 6.26. The van der Waals surface area contributed by atoms with Crippen LogP contribution in [0, 0.1) is 0 Å². The Morgan fingerprint density at radius 2 is 1.69 bits per heavy atom. The fourth-order valence-electron chi connectivity index (χ4n) is 2.38. The molecule has 0 fully saturated rings. The van der Waals surface area contributed by atoms with Gasteiger partial charge in [0.05, 0.1) is 41.9 Å². The lowest BCUT2D eigenvalue weighted by Gasteiger charge is -2.19. The van der Waals surface area contributed by atoms with E-state index in [4.69, 9.17) is 21.1 Å². The molecular formula is C18H18ClN3O6S. The van der Waals surface area contributed by atoms with E-state index in [-0.39, 0.29) is 27.6 Å². The van der Waals surface area contributed by atoms with Gasteiger partial charge in [-0.1, -0.05) is 24.4 Å². The van der Waals surface area contributed by atoms with Crippen molar-refractivity contribution in [2.24, 2.45) is 0 Å². The Kier molecular flexibility index (Phi) is 7.18. The van der Waals surface area contributed by atoms with E-state index in [9.17, 15) is 19.5 Å². The second-order valence-corrected chi connectivity index (χ2v) is 6.45. The largest absolute Gasteiger partial charge is 0.495 e. The van der Waals surface area contributed by atoms with E-state index in [1.807, 2.05) is 0 Å². The molecule has 3 N–H and O–H groups in total. The van der Waals surface area contributed by atoms with Crippen LogP contribution in [0.1, 0.15) is 17.3 Å². The number of nitrogens with one attached hydrogen (secondary N) is 2. The van der Waals surface area contributed by atoms with Crippen molar-refractivity contribution in [1.82, 2.24) is 0 Å². The molecule has 2 rings (SSSR count). The van der Waals surface area contributed by atoms with Crippen molar-refractivity contribution in [3.8, 4) is 11.5 Å². The van der Waals surface area contributed by atoms with Crippen LogP contribution < -0.4 is 24.4 Å². The zero-order valence-electron chi connectivity index (χ0n) is 15.6. The zero-order valence-corrected chi connectivity index (χ0v) is 17.3. The maximum Gasteiger partial charge on any atom is 0.337 e. The van der Waals surface area contributed by atoms with Gasteiger partial charge < -0.3 is 25.2 Å². The number of halogens is 1. The Hall–Kier alpha value is -3.11. The average molecular weight is 440 g/mol. The number of hydrogen-bond acceptors (Lipinski definition) is 6. The lowest BCUT2D eigenvalue weighted by Crippen LogP contribution is -2.27. The Labute approximate surface area is 177 Å². The molecule has 0 saturated carbocycles. The minimum atomic E-state index is -1.28. The first-order valence-corrected chi connectivity index (χ1v) is 8.82. The maximum atomic E-state index is 12.6. The van der Waals surface area contributed by atoms with Gasteiger partial charge in [-0.05, 0) is 24.3 Å². The third-order valence-corrected chi connectivity index (χ3v) is 4.40. The van der Waals surface area contributed by atoms with Crippen LogP contribution in [0.5, 0.6) is 11.5 Å². The van der Waals surface area contributed by atoms with Crippen molar-refractivity contribution in [3.05, 3.63) is 40.9 Å². The van der Waals surface area contributed by atoms with Gasteiger partial charge in [0, 0.05) is 13.0 Å². The number of carboxylic acid groups (broad SMARTS) is 1. The molecule has 9 nitrogen and oxygen atoms in total. The molecule has 3 amide bonds. The minimum Gasteiger partial charge on any atom is -0.495 e. The van der Waals surface area contributed by atoms with Gasteiger partial charge in [0.2, 0.25) is 5.91 Å². The number of thiol groups is 1. The molecule has 0 atom stereocenters. The van der Waals surface area contributed by atoms with Crippen LogP contribution >= 0.6 is 24.4 Å². The molecular weight excluding hydrogens is 422 g/mol. The monoisotopic (exact) mass is 439 g/mol. The zero-order chi connectivity index (χ0) is 21.7. The summed E-state index contributed by atoms with van der Waals surface area (Å²) in [6.45, 7) is 1.26. The Morgan fingerprint density at radius 3 is 2.24 bits per heavy atom. The van der Waals surface area contributed by atoms with Crippen LogP contribution in [-0.2, 0) is 4.79 Å². The normalized spacial score (nSPS) is 10.1. The van der Waals surface area contributed by atoms with Gasteiger partial charge in [-0.3, -0.25) is 4.79 Å². The molecule has 0 spiro atoms. The number of nitrogens with zero attached hydrogens (tertiary/aromatic N) is 1. The van der Waals surface area contributed by atoms with E-state index in [0.29, 0.717) is 11.5 Å². The fraction of sp³-hybridized carbons (Fsp3) is 0.167. The second kappa shape index (κ2) is 9.39. The Balaban J connectivity index is 2.31. The van der Waals surface area contributed by atoms with Crippen LogP contribution in [-0.4, -0.2) is 37.2 Å². The summed E-state index contributed by atoms with van der Waals surface area (Å²) in [7, 11) is 2.86. The number of carbonyl (C=O) groups excluding carboxylic acids is 2. The molecule has 0 bridgehead atoms. The average Bonchev–Trinajstić information content (AvgIpc) is 2.67. The molecule has 0 aromatic heterocycles. The highest BCUT2D eigenvalue weighted by molar-refractivity contribution is 7.82. The van der Waals surface area contributed by atoms with E-state index in [1.165, 1.54) is 51.5 Å². The summed E-state index contributed by atoms with van der Waals surface area (Å²) >= 11 is 10.2. The predicted molar refractivity (Wildman–Crippen MR) is 113 cm³/mol. The van der Waals surface area contributed by atoms with Crippen molar-refractivity contribution in [1.29, 1.82) is 0 Å².